The second-order valence-electron chi connectivity index (χ2n) is 6.92. The van der Waals surface area contributed by atoms with Gasteiger partial charge in [-0.3, -0.25) is 9.59 Å². The predicted molar refractivity (Wildman–Crippen MR) is 94.5 cm³/mol. The third-order valence-electron chi connectivity index (χ3n) is 5.06. The number of carbonyl (C=O) groups excluding carboxylic acids is 2. The zero-order chi connectivity index (χ0) is 15.9. The molecule has 0 aromatic rings. The van der Waals surface area contributed by atoms with E-state index in [2.05, 4.69) is 5.32 Å². The summed E-state index contributed by atoms with van der Waals surface area (Å²) in [6.45, 7) is 3.28. The molecule has 23 heavy (non-hydrogen) atoms. The predicted octanol–water partition coefficient (Wildman–Crippen LogP) is 2.22. The number of nitrogens with one attached hydrogen (secondary N) is 1. The Balaban J connectivity index is 0.00000264. The molecule has 1 saturated carbocycles. The second-order valence-corrected chi connectivity index (χ2v) is 6.92. The third kappa shape index (κ3) is 5.96. The molecule has 2 fully saturated rings. The number of amides is 2. The minimum atomic E-state index is -0.0951. The number of likely N-dealkylation sites (tertiary alicyclic amines) is 1. The number of carbonyl (C=O) groups is 2. The number of nitrogens with two attached hydrogens (primary N) is 1. The molecule has 2 amide bonds. The van der Waals surface area contributed by atoms with E-state index >= 15 is 0 Å². The van der Waals surface area contributed by atoms with Gasteiger partial charge in [-0.05, 0) is 39.0 Å². The Hall–Kier alpha value is -0.810. The highest BCUT2D eigenvalue weighted by Crippen LogP contribution is 2.24. The molecule has 1 aliphatic carbocycles. The van der Waals surface area contributed by atoms with E-state index in [4.69, 9.17) is 5.73 Å². The van der Waals surface area contributed by atoms with Crippen LogP contribution in [0.2, 0.25) is 0 Å². The zero-order valence-electron chi connectivity index (χ0n) is 14.3. The molecule has 0 aromatic heterocycles. The van der Waals surface area contributed by atoms with E-state index in [1.807, 2.05) is 11.8 Å². The van der Waals surface area contributed by atoms with Crippen LogP contribution < -0.4 is 11.1 Å². The smallest absolute Gasteiger partial charge is 0.224 e. The van der Waals surface area contributed by atoms with Gasteiger partial charge in [-0.1, -0.05) is 19.3 Å². The van der Waals surface area contributed by atoms with Gasteiger partial charge in [0.25, 0.3) is 0 Å². The maximum atomic E-state index is 12.5. The Bertz CT molecular complexity index is 386. The summed E-state index contributed by atoms with van der Waals surface area (Å²) < 4.78 is 0. The van der Waals surface area contributed by atoms with Crippen molar-refractivity contribution in [2.45, 2.75) is 76.8 Å². The summed E-state index contributed by atoms with van der Waals surface area (Å²) in [6, 6.07) is 0.0878. The summed E-state index contributed by atoms with van der Waals surface area (Å²) in [5, 5.41) is 3.03. The van der Waals surface area contributed by atoms with Gasteiger partial charge < -0.3 is 16.0 Å². The monoisotopic (exact) mass is 345 g/mol. The van der Waals surface area contributed by atoms with E-state index in [9.17, 15) is 9.59 Å². The summed E-state index contributed by atoms with van der Waals surface area (Å²) >= 11 is 0. The summed E-state index contributed by atoms with van der Waals surface area (Å²) in [7, 11) is 0. The Morgan fingerprint density at radius 1 is 1.13 bits per heavy atom. The number of hydrogen-bond acceptors (Lipinski definition) is 3. The highest BCUT2D eigenvalue weighted by molar-refractivity contribution is 5.85. The van der Waals surface area contributed by atoms with Crippen LogP contribution in [-0.2, 0) is 9.59 Å². The van der Waals surface area contributed by atoms with Gasteiger partial charge in [0.2, 0.25) is 11.8 Å². The largest absolute Gasteiger partial charge is 0.353 e. The van der Waals surface area contributed by atoms with Gasteiger partial charge in [0.05, 0.1) is 0 Å². The maximum Gasteiger partial charge on any atom is 0.224 e. The molecule has 2 aliphatic rings. The molecule has 1 heterocycles. The van der Waals surface area contributed by atoms with Crippen LogP contribution in [0.15, 0.2) is 0 Å². The summed E-state index contributed by atoms with van der Waals surface area (Å²) in [5.41, 5.74) is 5.78. The molecule has 6 heteroatoms. The average Bonchev–Trinajstić information content (AvgIpc) is 2.55. The number of rotatable bonds is 5. The van der Waals surface area contributed by atoms with E-state index < -0.39 is 0 Å². The Morgan fingerprint density at radius 2 is 1.78 bits per heavy atom. The normalized spacial score (nSPS) is 23.7. The van der Waals surface area contributed by atoms with Crippen LogP contribution in [0, 0.1) is 5.92 Å². The molecule has 0 aromatic carbocycles. The molecule has 2 unspecified atom stereocenters. The van der Waals surface area contributed by atoms with E-state index in [0.717, 1.165) is 51.5 Å². The van der Waals surface area contributed by atoms with Crippen LogP contribution in [-0.4, -0.2) is 41.9 Å². The summed E-state index contributed by atoms with van der Waals surface area (Å²) in [4.78, 5) is 26.6. The molecule has 1 saturated heterocycles. The second kappa shape index (κ2) is 10.1. The molecule has 5 nitrogen and oxygen atoms in total. The average molecular weight is 346 g/mol. The standard InChI is InChI=1S/C17H31N3O2.ClH/c1-13(19-17(22)14-7-3-2-4-8-14)11-16(21)20-10-6-5-9-15(20)12-18;/h13-15H,2-12,18H2,1H3,(H,19,22);1H. The quantitative estimate of drug-likeness (QED) is 0.802. The lowest BCUT2D eigenvalue weighted by atomic mass is 9.88. The number of hydrogen-bond donors (Lipinski definition) is 2. The molecule has 2 atom stereocenters. The van der Waals surface area contributed by atoms with Crippen molar-refractivity contribution in [2.24, 2.45) is 11.7 Å². The first-order valence-electron chi connectivity index (χ1n) is 8.91. The van der Waals surface area contributed by atoms with Crippen molar-refractivity contribution >= 4 is 24.2 Å². The van der Waals surface area contributed by atoms with E-state index in [-0.39, 0.29) is 42.2 Å². The highest BCUT2D eigenvalue weighted by atomic mass is 35.5. The highest BCUT2D eigenvalue weighted by Gasteiger charge is 2.28. The Labute approximate surface area is 146 Å². The molecule has 3 N–H and O–H groups in total. The van der Waals surface area contributed by atoms with Crippen molar-refractivity contribution in [3.05, 3.63) is 0 Å². The minimum absolute atomic E-state index is 0. The van der Waals surface area contributed by atoms with Gasteiger partial charge in [-0.2, -0.15) is 0 Å². The van der Waals surface area contributed by atoms with Crippen LogP contribution in [0.25, 0.3) is 0 Å². The Morgan fingerprint density at radius 3 is 2.43 bits per heavy atom. The first-order valence-corrected chi connectivity index (χ1v) is 8.91. The topological polar surface area (TPSA) is 75.4 Å². The minimum Gasteiger partial charge on any atom is -0.353 e. The van der Waals surface area contributed by atoms with Crippen LogP contribution in [0.1, 0.15) is 64.7 Å². The van der Waals surface area contributed by atoms with Gasteiger partial charge in [0, 0.05) is 37.5 Å². The first kappa shape index (κ1) is 20.2. The van der Waals surface area contributed by atoms with Crippen LogP contribution >= 0.6 is 12.4 Å². The number of nitrogens with zero attached hydrogens (tertiary/aromatic N) is 1. The van der Waals surface area contributed by atoms with Crippen LogP contribution in [0.3, 0.4) is 0 Å². The van der Waals surface area contributed by atoms with Crippen LogP contribution in [0.4, 0.5) is 0 Å². The van der Waals surface area contributed by atoms with Gasteiger partial charge in [0.1, 0.15) is 0 Å². The van der Waals surface area contributed by atoms with Gasteiger partial charge in [0.15, 0.2) is 0 Å². The molecule has 0 bridgehead atoms. The summed E-state index contributed by atoms with van der Waals surface area (Å²) in [5.74, 6) is 0.415. The van der Waals surface area contributed by atoms with Gasteiger partial charge in [-0.15, -0.1) is 12.4 Å². The van der Waals surface area contributed by atoms with E-state index in [0.29, 0.717) is 13.0 Å². The van der Waals surface area contributed by atoms with Gasteiger partial charge >= 0.3 is 0 Å². The number of piperidine rings is 1. The van der Waals surface area contributed by atoms with E-state index in [1.165, 1.54) is 6.42 Å². The molecule has 0 radical (unpaired) electrons. The SMILES string of the molecule is CC(CC(=O)N1CCCCC1CN)NC(=O)C1CCCCC1.Cl. The third-order valence-corrected chi connectivity index (χ3v) is 5.06. The lowest BCUT2D eigenvalue weighted by Gasteiger charge is -2.36. The van der Waals surface area contributed by atoms with Crippen molar-refractivity contribution in [1.82, 2.24) is 10.2 Å². The van der Waals surface area contributed by atoms with Crippen LogP contribution in [0.5, 0.6) is 0 Å². The molecular weight excluding hydrogens is 314 g/mol. The molecule has 134 valence electrons. The number of halogens is 1. The van der Waals surface area contributed by atoms with Crippen molar-refractivity contribution in [2.75, 3.05) is 13.1 Å². The zero-order valence-corrected chi connectivity index (χ0v) is 15.1. The van der Waals surface area contributed by atoms with Crippen molar-refractivity contribution in [3.8, 4) is 0 Å². The maximum absolute atomic E-state index is 12.5. The van der Waals surface area contributed by atoms with Crippen molar-refractivity contribution in [3.63, 3.8) is 0 Å². The fraction of sp³-hybridized carbons (Fsp3) is 0.882. The van der Waals surface area contributed by atoms with E-state index in [1.54, 1.807) is 0 Å². The fourth-order valence-electron chi connectivity index (χ4n) is 3.73. The molecule has 1 aliphatic heterocycles. The lowest BCUT2D eigenvalue weighted by molar-refractivity contribution is -0.135. The molecule has 2 rings (SSSR count). The Kier molecular flexibility index (Phi) is 8.92. The van der Waals surface area contributed by atoms with Crippen molar-refractivity contribution in [1.29, 1.82) is 0 Å². The van der Waals surface area contributed by atoms with Crippen molar-refractivity contribution < 1.29 is 9.59 Å². The summed E-state index contributed by atoms with van der Waals surface area (Å²) in [6.07, 6.45) is 9.13. The molecule has 0 spiro atoms. The first-order chi connectivity index (χ1) is 10.6. The lowest BCUT2D eigenvalue weighted by Crippen LogP contribution is -2.49. The fourth-order valence-corrected chi connectivity index (χ4v) is 3.73. The van der Waals surface area contributed by atoms with Gasteiger partial charge in [-0.25, -0.2) is 0 Å². The molecular formula is C17H32ClN3O2.